The van der Waals surface area contributed by atoms with Gasteiger partial charge in [-0.3, -0.25) is 14.7 Å². The minimum atomic E-state index is -0.245. The summed E-state index contributed by atoms with van der Waals surface area (Å²) >= 11 is 12.0. The SMILES string of the molecule is O=C(NC(c1ccc(Cl)cc1)c1cccnc1)C1CCN(Cc2ccc(Cl)cc2)CC1. The molecule has 3 aromatic rings. The Kier molecular flexibility index (Phi) is 7.23. The number of halogens is 2. The fourth-order valence-corrected chi connectivity index (χ4v) is 4.27. The van der Waals surface area contributed by atoms with E-state index in [9.17, 15) is 4.79 Å². The summed E-state index contributed by atoms with van der Waals surface area (Å²) in [5.74, 6) is 0.0999. The van der Waals surface area contributed by atoms with Crippen LogP contribution in [0.3, 0.4) is 0 Å². The van der Waals surface area contributed by atoms with Crippen LogP contribution < -0.4 is 5.32 Å². The van der Waals surface area contributed by atoms with Gasteiger partial charge in [-0.1, -0.05) is 53.5 Å². The lowest BCUT2D eigenvalue weighted by molar-refractivity contribution is -0.127. The molecule has 1 saturated heterocycles. The summed E-state index contributed by atoms with van der Waals surface area (Å²) in [5.41, 5.74) is 3.19. The van der Waals surface area contributed by atoms with E-state index in [1.807, 2.05) is 48.5 Å². The van der Waals surface area contributed by atoms with E-state index < -0.39 is 0 Å². The summed E-state index contributed by atoms with van der Waals surface area (Å²) in [4.78, 5) is 19.8. The van der Waals surface area contributed by atoms with Crippen molar-refractivity contribution in [1.82, 2.24) is 15.2 Å². The average Bonchev–Trinajstić information content (AvgIpc) is 2.81. The van der Waals surface area contributed by atoms with Crippen LogP contribution in [-0.2, 0) is 11.3 Å². The number of carbonyl (C=O) groups is 1. The van der Waals surface area contributed by atoms with E-state index in [0.29, 0.717) is 5.02 Å². The van der Waals surface area contributed by atoms with E-state index in [1.165, 1.54) is 5.56 Å². The Morgan fingerprint density at radius 2 is 1.61 bits per heavy atom. The average molecular weight is 454 g/mol. The Bertz CT molecular complexity index is 986. The number of nitrogens with zero attached hydrogens (tertiary/aromatic N) is 2. The van der Waals surface area contributed by atoms with Crippen LogP contribution in [0.5, 0.6) is 0 Å². The van der Waals surface area contributed by atoms with Crippen molar-refractivity contribution in [3.63, 3.8) is 0 Å². The smallest absolute Gasteiger partial charge is 0.223 e. The lowest BCUT2D eigenvalue weighted by atomic mass is 9.93. The molecule has 31 heavy (non-hydrogen) atoms. The molecular formula is C25H25Cl2N3O. The number of pyridine rings is 1. The maximum Gasteiger partial charge on any atom is 0.223 e. The van der Waals surface area contributed by atoms with Gasteiger partial charge in [0.05, 0.1) is 6.04 Å². The van der Waals surface area contributed by atoms with Gasteiger partial charge in [0, 0.05) is 34.9 Å². The second-order valence-corrected chi connectivity index (χ2v) is 8.83. The van der Waals surface area contributed by atoms with E-state index in [0.717, 1.165) is 48.6 Å². The van der Waals surface area contributed by atoms with Gasteiger partial charge in [-0.05, 0) is 73.0 Å². The molecule has 2 heterocycles. The third kappa shape index (κ3) is 5.85. The van der Waals surface area contributed by atoms with Crippen molar-refractivity contribution in [2.75, 3.05) is 13.1 Å². The number of hydrogen-bond acceptors (Lipinski definition) is 3. The summed E-state index contributed by atoms with van der Waals surface area (Å²) in [6.07, 6.45) is 5.23. The summed E-state index contributed by atoms with van der Waals surface area (Å²) in [5, 5.41) is 4.68. The Hall–Kier alpha value is -2.40. The van der Waals surface area contributed by atoms with Crippen LogP contribution in [0.25, 0.3) is 0 Å². The lowest BCUT2D eigenvalue weighted by Crippen LogP contribution is -2.41. The zero-order valence-electron chi connectivity index (χ0n) is 17.2. The van der Waals surface area contributed by atoms with Crippen molar-refractivity contribution in [1.29, 1.82) is 0 Å². The normalized spacial score (nSPS) is 16.1. The molecule has 1 aromatic heterocycles. The van der Waals surface area contributed by atoms with E-state index in [-0.39, 0.29) is 17.9 Å². The minimum absolute atomic E-state index is 0.00735. The van der Waals surface area contributed by atoms with Crippen LogP contribution in [0, 0.1) is 5.92 Å². The fraction of sp³-hybridized carbons (Fsp3) is 0.280. The molecule has 0 aliphatic carbocycles. The molecule has 1 N–H and O–H groups in total. The topological polar surface area (TPSA) is 45.2 Å². The van der Waals surface area contributed by atoms with Crippen LogP contribution in [0.4, 0.5) is 0 Å². The zero-order valence-corrected chi connectivity index (χ0v) is 18.7. The standard InChI is InChI=1S/C25H25Cl2N3O/c26-22-7-3-18(4-8-22)17-30-14-11-20(12-15-30)25(31)29-24(21-2-1-13-28-16-21)19-5-9-23(27)10-6-19/h1-10,13,16,20,24H,11-12,14-15,17H2,(H,29,31). The summed E-state index contributed by atoms with van der Waals surface area (Å²) in [6, 6.07) is 19.2. The predicted octanol–water partition coefficient (Wildman–Crippen LogP) is 5.51. The number of nitrogens with one attached hydrogen (secondary N) is 1. The highest BCUT2D eigenvalue weighted by Crippen LogP contribution is 2.26. The van der Waals surface area contributed by atoms with Gasteiger partial charge in [0.15, 0.2) is 0 Å². The van der Waals surface area contributed by atoms with Gasteiger partial charge in [-0.2, -0.15) is 0 Å². The van der Waals surface area contributed by atoms with Crippen molar-refractivity contribution in [2.24, 2.45) is 5.92 Å². The van der Waals surface area contributed by atoms with Gasteiger partial charge < -0.3 is 5.32 Å². The molecule has 4 nitrogen and oxygen atoms in total. The molecule has 1 unspecified atom stereocenters. The van der Waals surface area contributed by atoms with Crippen molar-refractivity contribution in [3.8, 4) is 0 Å². The highest BCUT2D eigenvalue weighted by molar-refractivity contribution is 6.30. The van der Waals surface area contributed by atoms with Gasteiger partial charge in [0.2, 0.25) is 5.91 Å². The number of benzene rings is 2. The Labute approximate surface area is 193 Å². The van der Waals surface area contributed by atoms with Crippen LogP contribution in [-0.4, -0.2) is 28.9 Å². The molecule has 4 rings (SSSR count). The Balaban J connectivity index is 1.39. The monoisotopic (exact) mass is 453 g/mol. The number of hydrogen-bond donors (Lipinski definition) is 1. The third-order valence-electron chi connectivity index (χ3n) is 5.79. The summed E-state index contributed by atoms with van der Waals surface area (Å²) in [7, 11) is 0. The van der Waals surface area contributed by atoms with Crippen molar-refractivity contribution in [2.45, 2.75) is 25.4 Å². The highest BCUT2D eigenvalue weighted by atomic mass is 35.5. The molecule has 1 fully saturated rings. The first-order chi connectivity index (χ1) is 15.1. The molecule has 160 valence electrons. The molecule has 0 saturated carbocycles. The van der Waals surface area contributed by atoms with E-state index in [1.54, 1.807) is 12.4 Å². The Morgan fingerprint density at radius 1 is 0.968 bits per heavy atom. The van der Waals surface area contributed by atoms with Crippen LogP contribution >= 0.6 is 23.2 Å². The van der Waals surface area contributed by atoms with E-state index in [4.69, 9.17) is 23.2 Å². The number of piperidine rings is 1. The van der Waals surface area contributed by atoms with Crippen molar-refractivity contribution < 1.29 is 4.79 Å². The minimum Gasteiger partial charge on any atom is -0.345 e. The molecule has 1 aliphatic heterocycles. The van der Waals surface area contributed by atoms with Gasteiger partial charge in [-0.15, -0.1) is 0 Å². The fourth-order valence-electron chi connectivity index (χ4n) is 4.02. The van der Waals surface area contributed by atoms with Crippen molar-refractivity contribution in [3.05, 3.63) is 99.8 Å². The van der Waals surface area contributed by atoms with E-state index in [2.05, 4.69) is 27.3 Å². The molecule has 0 spiro atoms. The first kappa shape index (κ1) is 21.8. The van der Waals surface area contributed by atoms with Crippen LogP contribution in [0.1, 0.15) is 35.6 Å². The zero-order chi connectivity index (χ0) is 21.6. The Morgan fingerprint density at radius 3 is 2.23 bits per heavy atom. The van der Waals surface area contributed by atoms with Gasteiger partial charge in [0.1, 0.15) is 0 Å². The quantitative estimate of drug-likeness (QED) is 0.535. The van der Waals surface area contributed by atoms with Crippen molar-refractivity contribution >= 4 is 29.1 Å². The molecule has 1 amide bonds. The summed E-state index contributed by atoms with van der Waals surface area (Å²) < 4.78 is 0. The predicted molar refractivity (Wildman–Crippen MR) is 125 cm³/mol. The number of amides is 1. The number of likely N-dealkylation sites (tertiary alicyclic amines) is 1. The molecule has 0 radical (unpaired) electrons. The first-order valence-corrected chi connectivity index (χ1v) is 11.3. The van der Waals surface area contributed by atoms with Crippen LogP contribution in [0.15, 0.2) is 73.1 Å². The van der Waals surface area contributed by atoms with Gasteiger partial charge >= 0.3 is 0 Å². The maximum absolute atomic E-state index is 13.1. The molecular weight excluding hydrogens is 429 g/mol. The number of carbonyl (C=O) groups excluding carboxylic acids is 1. The second-order valence-electron chi connectivity index (χ2n) is 7.96. The van der Waals surface area contributed by atoms with E-state index >= 15 is 0 Å². The van der Waals surface area contributed by atoms with Gasteiger partial charge in [-0.25, -0.2) is 0 Å². The molecule has 1 atom stereocenters. The largest absolute Gasteiger partial charge is 0.345 e. The maximum atomic E-state index is 13.1. The second kappa shape index (κ2) is 10.3. The highest BCUT2D eigenvalue weighted by Gasteiger charge is 2.27. The molecule has 0 bridgehead atoms. The molecule has 6 heteroatoms. The number of rotatable bonds is 6. The number of aromatic nitrogens is 1. The summed E-state index contributed by atoms with van der Waals surface area (Å²) in [6.45, 7) is 2.69. The van der Waals surface area contributed by atoms with Gasteiger partial charge in [0.25, 0.3) is 0 Å². The lowest BCUT2D eigenvalue weighted by Gasteiger charge is -2.32. The van der Waals surface area contributed by atoms with Crippen LogP contribution in [0.2, 0.25) is 10.0 Å². The molecule has 1 aliphatic rings. The third-order valence-corrected chi connectivity index (χ3v) is 6.29. The molecule has 2 aromatic carbocycles. The first-order valence-electron chi connectivity index (χ1n) is 10.5.